The van der Waals surface area contributed by atoms with E-state index in [1.807, 2.05) is 0 Å². The number of hydrogen-bond acceptors (Lipinski definition) is 4. The van der Waals surface area contributed by atoms with Crippen molar-refractivity contribution in [3.63, 3.8) is 0 Å². The molecular formula is C19H23FN2O4S. The fourth-order valence-electron chi connectivity index (χ4n) is 2.37. The molecule has 0 aliphatic heterocycles. The molecule has 2 aromatic carbocycles. The maximum Gasteiger partial charge on any atom is 0.240 e. The highest BCUT2D eigenvalue weighted by atomic mass is 32.2. The summed E-state index contributed by atoms with van der Waals surface area (Å²) in [6, 6.07) is 12.5. The number of likely N-dealkylation sites (N-methyl/N-ethyl adjacent to an activating group) is 1. The minimum atomic E-state index is -3.46. The van der Waals surface area contributed by atoms with Crippen molar-refractivity contribution >= 4 is 15.9 Å². The lowest BCUT2D eigenvalue weighted by Gasteiger charge is -2.17. The predicted molar refractivity (Wildman–Crippen MR) is 101 cm³/mol. The van der Waals surface area contributed by atoms with E-state index in [1.165, 1.54) is 36.2 Å². The van der Waals surface area contributed by atoms with Gasteiger partial charge in [-0.05, 0) is 43.3 Å². The van der Waals surface area contributed by atoms with Crippen LogP contribution < -0.4 is 9.46 Å². The number of rotatable bonds is 9. The Labute approximate surface area is 159 Å². The van der Waals surface area contributed by atoms with Crippen LogP contribution >= 0.6 is 0 Å². The number of nitrogens with one attached hydrogen (secondary N) is 1. The molecule has 146 valence electrons. The number of ether oxygens (including phenoxy) is 1. The van der Waals surface area contributed by atoms with Crippen LogP contribution in [0.15, 0.2) is 53.4 Å². The SMILES string of the molecule is CNS(=O)(=O)c1ccc(CCC(=O)N(C)CCOc2ccccc2F)cc1. The molecule has 1 amide bonds. The zero-order valence-electron chi connectivity index (χ0n) is 15.3. The van der Waals surface area contributed by atoms with Gasteiger partial charge >= 0.3 is 0 Å². The fraction of sp³-hybridized carbons (Fsp3) is 0.316. The summed E-state index contributed by atoms with van der Waals surface area (Å²) in [5.41, 5.74) is 0.870. The Balaban J connectivity index is 1.78. The van der Waals surface area contributed by atoms with Crippen LogP contribution in [0.2, 0.25) is 0 Å². The third-order valence-corrected chi connectivity index (χ3v) is 5.51. The minimum absolute atomic E-state index is 0.0703. The van der Waals surface area contributed by atoms with Crippen LogP contribution in [0.1, 0.15) is 12.0 Å². The third kappa shape index (κ3) is 6.04. The second kappa shape index (κ2) is 9.48. The molecular weight excluding hydrogens is 371 g/mol. The van der Waals surface area contributed by atoms with Crippen LogP contribution in [0, 0.1) is 5.82 Å². The van der Waals surface area contributed by atoms with Gasteiger partial charge in [-0.25, -0.2) is 17.5 Å². The van der Waals surface area contributed by atoms with Gasteiger partial charge in [0.1, 0.15) is 6.61 Å². The number of carbonyl (C=O) groups is 1. The summed E-state index contributed by atoms with van der Waals surface area (Å²) in [6.45, 7) is 0.534. The molecule has 0 unspecified atom stereocenters. The zero-order valence-corrected chi connectivity index (χ0v) is 16.1. The number of nitrogens with zero attached hydrogens (tertiary/aromatic N) is 1. The van der Waals surface area contributed by atoms with Gasteiger partial charge in [0.05, 0.1) is 11.4 Å². The Hall–Kier alpha value is -2.45. The van der Waals surface area contributed by atoms with Gasteiger partial charge in [0.2, 0.25) is 15.9 Å². The molecule has 1 N–H and O–H groups in total. The molecule has 2 aromatic rings. The van der Waals surface area contributed by atoms with Gasteiger partial charge in [-0.15, -0.1) is 0 Å². The topological polar surface area (TPSA) is 75.7 Å². The van der Waals surface area contributed by atoms with Gasteiger partial charge in [-0.3, -0.25) is 4.79 Å². The quantitative estimate of drug-likeness (QED) is 0.708. The van der Waals surface area contributed by atoms with Crippen LogP contribution in [-0.2, 0) is 21.2 Å². The minimum Gasteiger partial charge on any atom is -0.489 e. The van der Waals surface area contributed by atoms with Crippen LogP contribution in [0.3, 0.4) is 0 Å². The van der Waals surface area contributed by atoms with Crippen molar-refractivity contribution in [1.82, 2.24) is 9.62 Å². The molecule has 0 aromatic heterocycles. The summed E-state index contributed by atoms with van der Waals surface area (Å²) in [4.78, 5) is 13.9. The van der Waals surface area contributed by atoms with Crippen LogP contribution in [0.5, 0.6) is 5.75 Å². The van der Waals surface area contributed by atoms with Crippen molar-refractivity contribution < 1.29 is 22.3 Å². The van der Waals surface area contributed by atoms with E-state index < -0.39 is 15.8 Å². The lowest BCUT2D eigenvalue weighted by Crippen LogP contribution is -2.31. The Morgan fingerprint density at radius 1 is 1.15 bits per heavy atom. The Bertz CT molecular complexity index is 870. The molecule has 0 atom stereocenters. The predicted octanol–water partition coefficient (Wildman–Crippen LogP) is 2.20. The first kappa shape index (κ1) is 20.9. The summed E-state index contributed by atoms with van der Waals surface area (Å²) in [5, 5.41) is 0. The van der Waals surface area contributed by atoms with E-state index in [4.69, 9.17) is 4.74 Å². The number of halogens is 1. The molecule has 8 heteroatoms. The molecule has 0 saturated carbocycles. The first-order valence-corrected chi connectivity index (χ1v) is 9.95. The van der Waals surface area contributed by atoms with Crippen LogP contribution in [0.4, 0.5) is 4.39 Å². The van der Waals surface area contributed by atoms with E-state index in [2.05, 4.69) is 4.72 Å². The second-order valence-corrected chi connectivity index (χ2v) is 7.83. The standard InChI is InChI=1S/C19H23FN2O4S/c1-21-27(24,25)16-10-7-15(8-11-16)9-12-19(23)22(2)13-14-26-18-6-4-3-5-17(18)20/h3-8,10-11,21H,9,12-14H2,1-2H3. The number of para-hydroxylation sites is 1. The Kier molecular flexibility index (Phi) is 7.32. The van der Waals surface area contributed by atoms with Gasteiger partial charge in [-0.2, -0.15) is 0 Å². The van der Waals surface area contributed by atoms with Crippen molar-refractivity contribution in [2.75, 3.05) is 27.2 Å². The highest BCUT2D eigenvalue weighted by molar-refractivity contribution is 7.89. The summed E-state index contributed by atoms with van der Waals surface area (Å²) >= 11 is 0. The first-order valence-electron chi connectivity index (χ1n) is 8.47. The number of amides is 1. The molecule has 0 saturated heterocycles. The molecule has 0 spiro atoms. The summed E-state index contributed by atoms with van der Waals surface area (Å²) in [5.74, 6) is -0.343. The van der Waals surface area contributed by atoms with E-state index in [0.717, 1.165) is 5.56 Å². The monoisotopic (exact) mass is 394 g/mol. The van der Waals surface area contributed by atoms with E-state index >= 15 is 0 Å². The highest BCUT2D eigenvalue weighted by Gasteiger charge is 2.12. The lowest BCUT2D eigenvalue weighted by molar-refractivity contribution is -0.130. The van der Waals surface area contributed by atoms with Crippen molar-refractivity contribution in [3.05, 3.63) is 59.9 Å². The molecule has 2 rings (SSSR count). The van der Waals surface area contributed by atoms with Gasteiger partial charge in [0.15, 0.2) is 11.6 Å². The fourth-order valence-corrected chi connectivity index (χ4v) is 3.10. The van der Waals surface area contributed by atoms with E-state index in [1.54, 1.807) is 31.3 Å². The molecule has 0 radical (unpaired) electrons. The average Bonchev–Trinajstić information content (AvgIpc) is 2.67. The van der Waals surface area contributed by atoms with Gasteiger partial charge in [0.25, 0.3) is 0 Å². The zero-order chi connectivity index (χ0) is 19.9. The number of carbonyl (C=O) groups excluding carboxylic acids is 1. The molecule has 0 aliphatic carbocycles. The first-order chi connectivity index (χ1) is 12.8. The Morgan fingerprint density at radius 3 is 2.44 bits per heavy atom. The summed E-state index contributed by atoms with van der Waals surface area (Å²) < 4.78 is 44.4. The summed E-state index contributed by atoms with van der Waals surface area (Å²) in [6.07, 6.45) is 0.783. The lowest BCUT2D eigenvalue weighted by atomic mass is 10.1. The third-order valence-electron chi connectivity index (χ3n) is 4.08. The Morgan fingerprint density at radius 2 is 1.81 bits per heavy atom. The van der Waals surface area contributed by atoms with E-state index in [0.29, 0.717) is 13.0 Å². The smallest absolute Gasteiger partial charge is 0.240 e. The molecule has 0 aliphatic rings. The van der Waals surface area contributed by atoms with E-state index in [-0.39, 0.29) is 29.6 Å². The maximum absolute atomic E-state index is 13.5. The van der Waals surface area contributed by atoms with E-state index in [9.17, 15) is 17.6 Å². The van der Waals surface area contributed by atoms with Crippen molar-refractivity contribution in [3.8, 4) is 5.75 Å². The molecule has 0 fully saturated rings. The molecule has 6 nitrogen and oxygen atoms in total. The number of sulfonamides is 1. The van der Waals surface area contributed by atoms with Gasteiger partial charge in [0, 0.05) is 13.5 Å². The average molecular weight is 394 g/mol. The van der Waals surface area contributed by atoms with Crippen LogP contribution in [0.25, 0.3) is 0 Å². The van der Waals surface area contributed by atoms with Gasteiger partial charge < -0.3 is 9.64 Å². The normalized spacial score (nSPS) is 11.2. The second-order valence-electron chi connectivity index (χ2n) is 5.95. The number of hydrogen-bond donors (Lipinski definition) is 1. The molecule has 0 heterocycles. The number of benzene rings is 2. The maximum atomic E-state index is 13.5. The largest absolute Gasteiger partial charge is 0.489 e. The van der Waals surface area contributed by atoms with Crippen molar-refractivity contribution in [2.45, 2.75) is 17.7 Å². The van der Waals surface area contributed by atoms with Crippen molar-refractivity contribution in [1.29, 1.82) is 0 Å². The molecule has 27 heavy (non-hydrogen) atoms. The summed E-state index contributed by atoms with van der Waals surface area (Å²) in [7, 11) is -0.445. The van der Waals surface area contributed by atoms with Gasteiger partial charge in [-0.1, -0.05) is 24.3 Å². The highest BCUT2D eigenvalue weighted by Crippen LogP contribution is 2.15. The number of aryl methyl sites for hydroxylation is 1. The van der Waals surface area contributed by atoms with Crippen molar-refractivity contribution in [2.24, 2.45) is 0 Å². The molecule has 0 bridgehead atoms. The van der Waals surface area contributed by atoms with Crippen LogP contribution in [-0.4, -0.2) is 46.5 Å².